The molecule has 2 aromatic carbocycles. The lowest BCUT2D eigenvalue weighted by molar-refractivity contribution is -0.140. The molecule has 1 aliphatic rings. The van der Waals surface area contributed by atoms with Crippen LogP contribution in [0.4, 0.5) is 0 Å². The first-order valence-electron chi connectivity index (χ1n) is 9.85. The third-order valence-corrected chi connectivity index (χ3v) is 5.10. The first-order valence-corrected chi connectivity index (χ1v) is 9.85. The molecule has 0 radical (unpaired) electrons. The molecular formula is C23H22N2O6. The fourth-order valence-corrected chi connectivity index (χ4v) is 3.51. The van der Waals surface area contributed by atoms with E-state index in [1.807, 2.05) is 6.07 Å². The highest BCUT2D eigenvalue weighted by atomic mass is 16.7. The van der Waals surface area contributed by atoms with E-state index in [0.717, 1.165) is 0 Å². The van der Waals surface area contributed by atoms with E-state index in [2.05, 4.69) is 9.72 Å². The number of H-pyrrole nitrogens is 1. The Morgan fingerprint density at radius 2 is 1.90 bits per heavy atom. The van der Waals surface area contributed by atoms with Crippen LogP contribution >= 0.6 is 0 Å². The number of ketones is 1. The van der Waals surface area contributed by atoms with E-state index < -0.39 is 0 Å². The lowest BCUT2D eigenvalue weighted by Crippen LogP contribution is -2.06. The van der Waals surface area contributed by atoms with Crippen LogP contribution < -0.4 is 9.47 Å². The van der Waals surface area contributed by atoms with Crippen molar-refractivity contribution in [2.75, 3.05) is 20.4 Å². The molecule has 0 saturated carbocycles. The number of hydrogen-bond acceptors (Lipinski definition) is 7. The van der Waals surface area contributed by atoms with Gasteiger partial charge in [-0.2, -0.15) is 0 Å². The number of aromatic amines is 1. The zero-order valence-corrected chi connectivity index (χ0v) is 17.2. The molecule has 0 bridgehead atoms. The highest BCUT2D eigenvalue weighted by molar-refractivity contribution is 6.21. The van der Waals surface area contributed by atoms with Crippen molar-refractivity contribution in [3.8, 4) is 17.4 Å². The lowest BCUT2D eigenvalue weighted by atomic mass is 9.98. The van der Waals surface area contributed by atoms with Gasteiger partial charge < -0.3 is 24.3 Å². The monoisotopic (exact) mass is 422 g/mol. The number of carbonyl (C=O) groups is 2. The number of Topliss-reactive ketones (excluding diaryl/α,β-unsaturated/α-hetero) is 1. The van der Waals surface area contributed by atoms with Gasteiger partial charge in [0.1, 0.15) is 0 Å². The van der Waals surface area contributed by atoms with Crippen LogP contribution in [0.1, 0.15) is 41.3 Å². The second kappa shape index (κ2) is 8.51. The Morgan fingerprint density at radius 3 is 2.68 bits per heavy atom. The van der Waals surface area contributed by atoms with E-state index in [4.69, 9.17) is 14.5 Å². The molecule has 0 fully saturated rings. The zero-order valence-electron chi connectivity index (χ0n) is 17.2. The quantitative estimate of drug-likeness (QED) is 0.261. The maximum Gasteiger partial charge on any atom is 0.305 e. The number of ether oxygens (including phenoxy) is 3. The molecule has 0 aliphatic carbocycles. The molecule has 2 N–H and O–H groups in total. The van der Waals surface area contributed by atoms with E-state index in [-0.39, 0.29) is 30.8 Å². The van der Waals surface area contributed by atoms with E-state index in [1.54, 1.807) is 30.3 Å². The summed E-state index contributed by atoms with van der Waals surface area (Å²) in [6.07, 6.45) is 0.727. The van der Waals surface area contributed by atoms with E-state index in [0.29, 0.717) is 57.8 Å². The van der Waals surface area contributed by atoms with Gasteiger partial charge in [0, 0.05) is 35.0 Å². The molecule has 1 aromatic heterocycles. The van der Waals surface area contributed by atoms with Crippen molar-refractivity contribution in [2.24, 2.45) is 4.99 Å². The largest absolute Gasteiger partial charge is 0.494 e. The van der Waals surface area contributed by atoms with Crippen molar-refractivity contribution in [1.29, 1.82) is 0 Å². The number of rotatable bonds is 7. The number of nitrogens with zero attached hydrogens (tertiary/aromatic N) is 1. The Bertz CT molecular complexity index is 1190. The maximum atomic E-state index is 11.9. The molecule has 3 aromatic rings. The third-order valence-electron chi connectivity index (χ3n) is 5.10. The minimum atomic E-state index is -0.305. The Kier molecular flexibility index (Phi) is 5.62. The van der Waals surface area contributed by atoms with Gasteiger partial charge in [0.15, 0.2) is 23.2 Å². The number of fused-ring (bicyclic) bond motifs is 2. The predicted molar refractivity (Wildman–Crippen MR) is 114 cm³/mol. The van der Waals surface area contributed by atoms with Crippen LogP contribution in [-0.4, -0.2) is 48.0 Å². The minimum absolute atomic E-state index is 0.0555. The summed E-state index contributed by atoms with van der Waals surface area (Å²) >= 11 is 0. The summed E-state index contributed by atoms with van der Waals surface area (Å²) in [7, 11) is 1.35. The lowest BCUT2D eigenvalue weighted by Gasteiger charge is -2.09. The van der Waals surface area contributed by atoms with Gasteiger partial charge in [-0.1, -0.05) is 0 Å². The van der Waals surface area contributed by atoms with Gasteiger partial charge >= 0.3 is 5.97 Å². The number of carbonyl (C=O) groups excluding carboxylic acids is 2. The Labute approximate surface area is 178 Å². The van der Waals surface area contributed by atoms with Crippen LogP contribution in [0, 0.1) is 0 Å². The fourth-order valence-electron chi connectivity index (χ4n) is 3.51. The van der Waals surface area contributed by atoms with Crippen LogP contribution in [0.15, 0.2) is 41.4 Å². The molecule has 0 unspecified atom stereocenters. The topological polar surface area (TPSA) is 110 Å². The number of nitrogens with one attached hydrogen (secondary N) is 1. The van der Waals surface area contributed by atoms with Gasteiger partial charge in [-0.3, -0.25) is 14.6 Å². The zero-order chi connectivity index (χ0) is 22.0. The summed E-state index contributed by atoms with van der Waals surface area (Å²) < 4.78 is 15.6. The Balaban J connectivity index is 1.80. The van der Waals surface area contributed by atoms with Crippen LogP contribution in [0.3, 0.4) is 0 Å². The van der Waals surface area contributed by atoms with Crippen molar-refractivity contribution in [3.05, 3.63) is 53.1 Å². The average Bonchev–Trinajstić information content (AvgIpc) is 3.36. The highest BCUT2D eigenvalue weighted by Gasteiger charge is 2.22. The highest BCUT2D eigenvalue weighted by Crippen LogP contribution is 2.36. The summed E-state index contributed by atoms with van der Waals surface area (Å²) in [6.45, 7) is 1.98. The number of benzene rings is 2. The first kappa shape index (κ1) is 20.5. The number of aromatic nitrogens is 1. The van der Waals surface area contributed by atoms with Crippen LogP contribution in [0.2, 0.25) is 0 Å². The second-order valence-corrected chi connectivity index (χ2v) is 7.14. The molecular weight excluding hydrogens is 400 g/mol. The smallest absolute Gasteiger partial charge is 0.305 e. The summed E-state index contributed by atoms with van der Waals surface area (Å²) in [5.74, 6) is 0.786. The SMILES string of the molecule is COC(=O)CCCN=C(c1ccc2c(c1)OCO2)c1c(O)[nH]c2ccc(C(C)=O)cc12. The van der Waals surface area contributed by atoms with Gasteiger partial charge in [-0.25, -0.2) is 0 Å². The normalized spacial score (nSPS) is 12.9. The van der Waals surface area contributed by atoms with Crippen LogP contribution in [-0.2, 0) is 9.53 Å². The van der Waals surface area contributed by atoms with E-state index >= 15 is 0 Å². The number of aliphatic imine (C=N–C) groups is 1. The number of hydrogen-bond donors (Lipinski definition) is 2. The second-order valence-electron chi connectivity index (χ2n) is 7.14. The van der Waals surface area contributed by atoms with Gasteiger partial charge in [-0.15, -0.1) is 0 Å². The van der Waals surface area contributed by atoms with Crippen LogP contribution in [0.25, 0.3) is 10.9 Å². The number of esters is 1. The molecule has 0 amide bonds. The molecule has 0 atom stereocenters. The average molecular weight is 422 g/mol. The van der Waals surface area contributed by atoms with Crippen molar-refractivity contribution in [3.63, 3.8) is 0 Å². The maximum absolute atomic E-state index is 11.9. The first-order chi connectivity index (χ1) is 15.0. The summed E-state index contributed by atoms with van der Waals surface area (Å²) in [5.41, 5.74) is 2.93. The van der Waals surface area contributed by atoms with Gasteiger partial charge in [0.05, 0.1) is 18.4 Å². The number of methoxy groups -OCH3 is 1. The van der Waals surface area contributed by atoms with Crippen molar-refractivity contribution >= 4 is 28.4 Å². The molecule has 1 aliphatic heterocycles. The third kappa shape index (κ3) is 4.09. The van der Waals surface area contributed by atoms with Gasteiger partial charge in [0.25, 0.3) is 0 Å². The predicted octanol–water partition coefficient (Wildman–Crippen LogP) is 3.60. The molecule has 8 heteroatoms. The standard InChI is InChI=1S/C23H22N2O6/c1-13(26)14-5-7-17-16(10-14)21(23(28)25-17)22(24-9-3-4-20(27)29-2)15-6-8-18-19(11-15)31-12-30-18/h5-8,10-11,25,28H,3-4,9,12H2,1-2H3. The number of aromatic hydroxyl groups is 1. The summed E-state index contributed by atoms with van der Waals surface area (Å²) in [6, 6.07) is 10.6. The molecule has 8 nitrogen and oxygen atoms in total. The summed E-state index contributed by atoms with van der Waals surface area (Å²) in [5, 5.41) is 11.4. The molecule has 160 valence electrons. The Morgan fingerprint density at radius 1 is 1.13 bits per heavy atom. The van der Waals surface area contributed by atoms with Crippen molar-refractivity contribution in [1.82, 2.24) is 4.98 Å². The Hall–Kier alpha value is -3.81. The molecule has 4 rings (SSSR count). The summed E-state index contributed by atoms with van der Waals surface area (Å²) in [4.78, 5) is 31.0. The fraction of sp³-hybridized carbons (Fsp3) is 0.261. The minimum Gasteiger partial charge on any atom is -0.494 e. The van der Waals surface area contributed by atoms with Crippen molar-refractivity contribution < 1.29 is 28.9 Å². The van der Waals surface area contributed by atoms with Gasteiger partial charge in [0.2, 0.25) is 6.79 Å². The molecule has 0 spiro atoms. The molecule has 0 saturated heterocycles. The van der Waals surface area contributed by atoms with E-state index in [1.165, 1.54) is 14.0 Å². The van der Waals surface area contributed by atoms with E-state index in [9.17, 15) is 14.7 Å². The molecule has 31 heavy (non-hydrogen) atoms. The van der Waals surface area contributed by atoms with Crippen molar-refractivity contribution in [2.45, 2.75) is 19.8 Å². The molecule has 2 heterocycles. The van der Waals surface area contributed by atoms with Gasteiger partial charge in [-0.05, 0) is 49.7 Å². The van der Waals surface area contributed by atoms with Crippen LogP contribution in [0.5, 0.6) is 17.4 Å².